The molecule has 1 aromatic carbocycles. The van der Waals surface area contributed by atoms with Crippen molar-refractivity contribution in [3.05, 3.63) is 46.7 Å². The Morgan fingerprint density at radius 1 is 1.29 bits per heavy atom. The number of amides is 1. The minimum Gasteiger partial charge on any atom is -0.352 e. The first-order valence-electron chi connectivity index (χ1n) is 7.22. The molecule has 2 rings (SSSR count). The smallest absolute Gasteiger partial charge is 0.254 e. The summed E-state index contributed by atoms with van der Waals surface area (Å²) in [5.41, 5.74) is 2.33. The molecule has 1 aromatic heterocycles. The average molecular weight is 306 g/mol. The Balaban J connectivity index is 2.09. The summed E-state index contributed by atoms with van der Waals surface area (Å²) in [6.07, 6.45) is 4.89. The van der Waals surface area contributed by atoms with Crippen LogP contribution in [0.4, 0.5) is 0 Å². The lowest BCUT2D eigenvalue weighted by Gasteiger charge is -2.06. The molecule has 0 saturated carbocycles. The van der Waals surface area contributed by atoms with E-state index in [1.54, 1.807) is 10.9 Å². The summed E-state index contributed by atoms with van der Waals surface area (Å²) in [6.45, 7) is 4.74. The first-order valence-corrected chi connectivity index (χ1v) is 7.60. The van der Waals surface area contributed by atoms with E-state index in [-0.39, 0.29) is 5.91 Å². The fourth-order valence-electron chi connectivity index (χ4n) is 2.15. The number of carbonyl (C=O) groups excluding carboxylic acids is 1. The maximum Gasteiger partial charge on any atom is 0.254 e. The summed E-state index contributed by atoms with van der Waals surface area (Å²) >= 11 is 5.88. The maximum absolute atomic E-state index is 12.1. The first kappa shape index (κ1) is 15.6. The third kappa shape index (κ3) is 3.85. The normalized spacial score (nSPS) is 10.6. The van der Waals surface area contributed by atoms with Gasteiger partial charge in [-0.25, -0.2) is 4.68 Å². The number of rotatable bonds is 6. The molecule has 0 spiro atoms. The van der Waals surface area contributed by atoms with Crippen molar-refractivity contribution in [2.24, 2.45) is 0 Å². The van der Waals surface area contributed by atoms with Gasteiger partial charge in [-0.2, -0.15) is 5.10 Å². The largest absolute Gasteiger partial charge is 0.352 e. The molecule has 0 atom stereocenters. The van der Waals surface area contributed by atoms with Crippen LogP contribution in [0.3, 0.4) is 0 Å². The van der Waals surface area contributed by atoms with Crippen molar-refractivity contribution in [1.82, 2.24) is 15.1 Å². The average Bonchev–Trinajstić information content (AvgIpc) is 2.86. The highest BCUT2D eigenvalue weighted by Crippen LogP contribution is 2.16. The van der Waals surface area contributed by atoms with Gasteiger partial charge in [0.25, 0.3) is 5.91 Å². The quantitative estimate of drug-likeness (QED) is 0.826. The van der Waals surface area contributed by atoms with Gasteiger partial charge in [-0.05, 0) is 37.6 Å². The van der Waals surface area contributed by atoms with Gasteiger partial charge in [-0.15, -0.1) is 0 Å². The van der Waals surface area contributed by atoms with Crippen molar-refractivity contribution in [2.75, 3.05) is 6.54 Å². The van der Waals surface area contributed by atoms with E-state index >= 15 is 0 Å². The van der Waals surface area contributed by atoms with Crippen LogP contribution in [0.2, 0.25) is 5.02 Å². The summed E-state index contributed by atoms with van der Waals surface area (Å²) in [6, 6.07) is 7.38. The predicted octanol–water partition coefficient (Wildman–Crippen LogP) is 3.75. The van der Waals surface area contributed by atoms with E-state index in [1.807, 2.05) is 31.2 Å². The molecular formula is C16H20ClN3O. The highest BCUT2D eigenvalue weighted by atomic mass is 35.5. The van der Waals surface area contributed by atoms with Gasteiger partial charge >= 0.3 is 0 Å². The monoisotopic (exact) mass is 305 g/mol. The van der Waals surface area contributed by atoms with Gasteiger partial charge < -0.3 is 5.32 Å². The van der Waals surface area contributed by atoms with Crippen molar-refractivity contribution < 1.29 is 4.79 Å². The standard InChI is InChI=1S/C16H20ClN3O/c1-3-4-5-10-18-16(21)15-11-19-20(12(15)2)14-8-6-13(17)7-9-14/h6-9,11H,3-5,10H2,1-2H3,(H,18,21). The lowest BCUT2D eigenvalue weighted by atomic mass is 10.2. The molecule has 21 heavy (non-hydrogen) atoms. The van der Waals surface area contributed by atoms with Crippen LogP contribution < -0.4 is 5.32 Å². The fourth-order valence-corrected chi connectivity index (χ4v) is 2.27. The molecule has 0 aliphatic heterocycles. The van der Waals surface area contributed by atoms with Crippen LogP contribution in [0.1, 0.15) is 42.2 Å². The second kappa shape index (κ2) is 7.27. The van der Waals surface area contributed by atoms with E-state index in [0.717, 1.165) is 30.6 Å². The Labute approximate surface area is 130 Å². The summed E-state index contributed by atoms with van der Waals surface area (Å²) in [5.74, 6) is -0.0659. The molecule has 0 aliphatic carbocycles. The predicted molar refractivity (Wildman–Crippen MR) is 85.2 cm³/mol. The number of nitrogens with one attached hydrogen (secondary N) is 1. The maximum atomic E-state index is 12.1. The van der Waals surface area contributed by atoms with Crippen LogP contribution in [0.5, 0.6) is 0 Å². The number of hydrogen-bond acceptors (Lipinski definition) is 2. The van der Waals surface area contributed by atoms with Crippen LogP contribution in [0, 0.1) is 6.92 Å². The molecule has 112 valence electrons. The number of unbranched alkanes of at least 4 members (excludes halogenated alkanes) is 2. The van der Waals surface area contributed by atoms with E-state index in [1.165, 1.54) is 0 Å². The van der Waals surface area contributed by atoms with E-state index in [4.69, 9.17) is 11.6 Å². The van der Waals surface area contributed by atoms with Crippen LogP contribution >= 0.6 is 11.6 Å². The lowest BCUT2D eigenvalue weighted by molar-refractivity contribution is 0.0952. The highest BCUT2D eigenvalue weighted by molar-refractivity contribution is 6.30. The Hall–Kier alpha value is -1.81. The third-order valence-corrected chi connectivity index (χ3v) is 3.64. The first-order chi connectivity index (χ1) is 10.1. The molecule has 2 aromatic rings. The molecule has 0 bridgehead atoms. The van der Waals surface area contributed by atoms with Gasteiger partial charge in [0.2, 0.25) is 0 Å². The number of hydrogen-bond donors (Lipinski definition) is 1. The van der Waals surface area contributed by atoms with Crippen LogP contribution in [0.15, 0.2) is 30.5 Å². The second-order valence-corrected chi connectivity index (χ2v) is 5.43. The van der Waals surface area contributed by atoms with Crippen LogP contribution in [0.25, 0.3) is 5.69 Å². The molecule has 4 nitrogen and oxygen atoms in total. The van der Waals surface area contributed by atoms with Crippen molar-refractivity contribution in [2.45, 2.75) is 33.1 Å². The lowest BCUT2D eigenvalue weighted by Crippen LogP contribution is -2.24. The van der Waals surface area contributed by atoms with Gasteiger partial charge in [0.1, 0.15) is 0 Å². The van der Waals surface area contributed by atoms with Gasteiger partial charge in [0.05, 0.1) is 23.1 Å². The SMILES string of the molecule is CCCCCNC(=O)c1cnn(-c2ccc(Cl)cc2)c1C. The molecule has 1 N–H and O–H groups in total. The molecule has 0 aliphatic rings. The highest BCUT2D eigenvalue weighted by Gasteiger charge is 2.14. The summed E-state index contributed by atoms with van der Waals surface area (Å²) in [4.78, 5) is 12.1. The van der Waals surface area contributed by atoms with Gasteiger partial charge in [-0.3, -0.25) is 4.79 Å². The second-order valence-electron chi connectivity index (χ2n) is 4.99. The summed E-state index contributed by atoms with van der Waals surface area (Å²) in [5, 5.41) is 7.91. The number of carbonyl (C=O) groups is 1. The van der Waals surface area contributed by atoms with Gasteiger partial charge in [0.15, 0.2) is 0 Å². The fraction of sp³-hybridized carbons (Fsp3) is 0.375. The van der Waals surface area contributed by atoms with E-state index < -0.39 is 0 Å². The third-order valence-electron chi connectivity index (χ3n) is 3.39. The minimum absolute atomic E-state index is 0.0659. The van der Waals surface area contributed by atoms with E-state index in [9.17, 15) is 4.79 Å². The van der Waals surface area contributed by atoms with Crippen LogP contribution in [-0.2, 0) is 0 Å². The zero-order chi connectivity index (χ0) is 15.2. The van der Waals surface area contributed by atoms with Crippen LogP contribution in [-0.4, -0.2) is 22.2 Å². The van der Waals surface area contributed by atoms with Gasteiger partial charge in [-0.1, -0.05) is 31.4 Å². The number of benzene rings is 1. The van der Waals surface area contributed by atoms with Crippen molar-refractivity contribution >= 4 is 17.5 Å². The van der Waals surface area contributed by atoms with Crippen molar-refractivity contribution in [3.8, 4) is 5.69 Å². The number of halogens is 1. The molecule has 1 heterocycles. The number of nitrogens with zero attached hydrogens (tertiary/aromatic N) is 2. The van der Waals surface area contributed by atoms with E-state index in [2.05, 4.69) is 17.3 Å². The molecule has 0 radical (unpaired) electrons. The minimum atomic E-state index is -0.0659. The molecule has 5 heteroatoms. The van der Waals surface area contributed by atoms with Crippen molar-refractivity contribution in [3.63, 3.8) is 0 Å². The molecular weight excluding hydrogens is 286 g/mol. The Kier molecular flexibility index (Phi) is 5.39. The van der Waals surface area contributed by atoms with E-state index in [0.29, 0.717) is 17.1 Å². The molecule has 0 unspecified atom stereocenters. The van der Waals surface area contributed by atoms with Gasteiger partial charge in [0, 0.05) is 11.6 Å². The molecule has 0 saturated heterocycles. The Morgan fingerprint density at radius 3 is 2.67 bits per heavy atom. The summed E-state index contributed by atoms with van der Waals surface area (Å²) < 4.78 is 1.75. The zero-order valence-electron chi connectivity index (χ0n) is 12.4. The Morgan fingerprint density at radius 2 is 2.00 bits per heavy atom. The zero-order valence-corrected chi connectivity index (χ0v) is 13.2. The summed E-state index contributed by atoms with van der Waals surface area (Å²) in [7, 11) is 0. The topological polar surface area (TPSA) is 46.9 Å². The Bertz CT molecular complexity index is 604. The molecule has 1 amide bonds. The molecule has 0 fully saturated rings. The number of aromatic nitrogens is 2. The van der Waals surface area contributed by atoms with Crippen molar-refractivity contribution in [1.29, 1.82) is 0 Å².